The first-order valence-corrected chi connectivity index (χ1v) is 7.92. The van der Waals surface area contributed by atoms with Gasteiger partial charge in [-0.15, -0.1) is 0 Å². The zero-order valence-corrected chi connectivity index (χ0v) is 13.6. The summed E-state index contributed by atoms with van der Waals surface area (Å²) >= 11 is 5.92. The van der Waals surface area contributed by atoms with Gasteiger partial charge >= 0.3 is 5.97 Å². The highest BCUT2D eigenvalue weighted by Gasteiger charge is 2.29. The summed E-state index contributed by atoms with van der Waals surface area (Å²) in [4.78, 5) is 23.8. The third-order valence-corrected chi connectivity index (χ3v) is 3.87. The van der Waals surface area contributed by atoms with Crippen molar-refractivity contribution in [3.63, 3.8) is 0 Å². The molecule has 1 unspecified atom stereocenters. The van der Waals surface area contributed by atoms with Gasteiger partial charge in [0.05, 0.1) is 0 Å². The van der Waals surface area contributed by atoms with Crippen molar-refractivity contribution in [1.82, 2.24) is 5.32 Å². The van der Waals surface area contributed by atoms with Crippen molar-refractivity contribution < 1.29 is 19.1 Å². The van der Waals surface area contributed by atoms with Gasteiger partial charge in [-0.25, -0.2) is 0 Å². The molecule has 0 fully saturated rings. The quantitative estimate of drug-likeness (QED) is 0.846. The van der Waals surface area contributed by atoms with Gasteiger partial charge in [-0.3, -0.25) is 9.59 Å². The van der Waals surface area contributed by atoms with Crippen molar-refractivity contribution in [3.05, 3.63) is 64.7 Å². The van der Waals surface area contributed by atoms with Crippen LogP contribution in [0.25, 0.3) is 0 Å². The van der Waals surface area contributed by atoms with Crippen molar-refractivity contribution in [3.8, 4) is 5.75 Å². The molecule has 0 spiro atoms. The summed E-state index contributed by atoms with van der Waals surface area (Å²) in [6.45, 7) is -0.0119. The van der Waals surface area contributed by atoms with Crippen LogP contribution in [0.5, 0.6) is 5.75 Å². The van der Waals surface area contributed by atoms with Gasteiger partial charge in [0.15, 0.2) is 6.10 Å². The Kier molecular flexibility index (Phi) is 5.01. The molecule has 5 nitrogen and oxygen atoms in total. The van der Waals surface area contributed by atoms with Gasteiger partial charge in [-0.1, -0.05) is 41.9 Å². The van der Waals surface area contributed by atoms with Crippen molar-refractivity contribution in [1.29, 1.82) is 0 Å². The van der Waals surface area contributed by atoms with Crippen molar-refractivity contribution in [2.24, 2.45) is 0 Å². The van der Waals surface area contributed by atoms with Crippen LogP contribution in [0, 0.1) is 0 Å². The molecular formula is C18H16ClNO4. The van der Waals surface area contributed by atoms with Crippen LogP contribution in [-0.4, -0.2) is 24.5 Å². The van der Waals surface area contributed by atoms with Crippen molar-refractivity contribution in [2.75, 3.05) is 6.54 Å². The molecule has 2 aromatic rings. The summed E-state index contributed by atoms with van der Waals surface area (Å²) in [5, 5.41) is 3.14. The molecule has 6 heteroatoms. The molecule has 0 saturated heterocycles. The molecule has 3 rings (SSSR count). The van der Waals surface area contributed by atoms with Crippen LogP contribution in [0.1, 0.15) is 11.1 Å². The Hall–Kier alpha value is -2.53. The zero-order chi connectivity index (χ0) is 16.9. The van der Waals surface area contributed by atoms with E-state index in [1.54, 1.807) is 18.2 Å². The second-order valence-corrected chi connectivity index (χ2v) is 5.86. The summed E-state index contributed by atoms with van der Waals surface area (Å²) in [6, 6.07) is 14.6. The van der Waals surface area contributed by atoms with Gasteiger partial charge in [-0.2, -0.15) is 0 Å². The number of fused-ring (bicyclic) bond motifs is 1. The Morgan fingerprint density at radius 3 is 2.79 bits per heavy atom. The fraction of sp³-hybridized carbons (Fsp3) is 0.222. The van der Waals surface area contributed by atoms with E-state index in [0.717, 1.165) is 11.1 Å². The Balaban J connectivity index is 1.44. The topological polar surface area (TPSA) is 64.6 Å². The maximum absolute atomic E-state index is 12.1. The maximum atomic E-state index is 12.1. The number of rotatable bonds is 5. The van der Waals surface area contributed by atoms with Crippen LogP contribution in [-0.2, 0) is 27.4 Å². The lowest BCUT2D eigenvalue weighted by molar-refractivity contribution is -0.145. The third kappa shape index (κ3) is 4.06. The number of halogens is 1. The highest BCUT2D eigenvalue weighted by Crippen LogP contribution is 2.31. The number of hydrogen-bond acceptors (Lipinski definition) is 4. The smallest absolute Gasteiger partial charge is 0.325 e. The number of amides is 1. The third-order valence-electron chi connectivity index (χ3n) is 3.64. The van der Waals surface area contributed by atoms with Gasteiger partial charge < -0.3 is 14.8 Å². The number of esters is 1. The van der Waals surface area contributed by atoms with Gasteiger partial charge in [0.1, 0.15) is 18.9 Å². The van der Waals surface area contributed by atoms with Gasteiger partial charge in [0.2, 0.25) is 0 Å². The molecule has 1 amide bonds. The number of hydrogen-bond donors (Lipinski definition) is 1. The van der Waals surface area contributed by atoms with Gasteiger partial charge in [0, 0.05) is 11.4 Å². The Labute approximate surface area is 144 Å². The molecule has 2 aromatic carbocycles. The summed E-state index contributed by atoms with van der Waals surface area (Å²) < 4.78 is 10.7. The van der Waals surface area contributed by atoms with Crippen LogP contribution < -0.4 is 10.1 Å². The van der Waals surface area contributed by atoms with E-state index in [2.05, 4.69) is 5.32 Å². The lowest BCUT2D eigenvalue weighted by Crippen LogP contribution is -2.40. The first-order chi connectivity index (χ1) is 11.6. The standard InChI is InChI=1S/C18H16ClNO4/c19-14-6-7-15-13(8-14)9-16(24-15)18(22)20-10-17(21)23-11-12-4-2-1-3-5-12/h1-8,16H,9-11H2,(H,20,22). The van der Waals surface area contributed by atoms with Crippen molar-refractivity contribution >= 4 is 23.5 Å². The van der Waals surface area contributed by atoms with Gasteiger partial charge in [0.25, 0.3) is 5.91 Å². The lowest BCUT2D eigenvalue weighted by atomic mass is 10.1. The predicted octanol–water partition coefficient (Wildman–Crippen LogP) is 2.50. The molecule has 24 heavy (non-hydrogen) atoms. The monoisotopic (exact) mass is 345 g/mol. The number of carbonyl (C=O) groups excluding carboxylic acids is 2. The predicted molar refractivity (Wildman–Crippen MR) is 88.8 cm³/mol. The molecule has 1 heterocycles. The summed E-state index contributed by atoms with van der Waals surface area (Å²) in [5.41, 5.74) is 1.78. The van der Waals surface area contributed by atoms with Crippen LogP contribution in [0.15, 0.2) is 48.5 Å². The minimum Gasteiger partial charge on any atom is -0.480 e. The molecule has 0 aromatic heterocycles. The molecule has 124 valence electrons. The van der Waals surface area contributed by atoms with E-state index >= 15 is 0 Å². The molecule has 0 saturated carbocycles. The lowest BCUT2D eigenvalue weighted by Gasteiger charge is -2.11. The highest BCUT2D eigenvalue weighted by atomic mass is 35.5. The fourth-order valence-corrected chi connectivity index (χ4v) is 2.62. The second kappa shape index (κ2) is 7.36. The summed E-state index contributed by atoms with van der Waals surface area (Å²) in [5.74, 6) is -0.198. The van der Waals surface area contributed by atoms with E-state index in [-0.39, 0.29) is 19.1 Å². The Bertz CT molecular complexity index is 748. The van der Waals surface area contributed by atoms with Crippen molar-refractivity contribution in [2.45, 2.75) is 19.1 Å². The summed E-state index contributed by atoms with van der Waals surface area (Å²) in [7, 11) is 0. The van der Waals surface area contributed by atoms with E-state index in [1.807, 2.05) is 30.3 Å². The number of benzene rings is 2. The molecule has 1 aliphatic rings. The van der Waals surface area contributed by atoms with E-state index < -0.39 is 12.1 Å². The average Bonchev–Trinajstić information content (AvgIpc) is 3.02. The average molecular weight is 346 g/mol. The second-order valence-electron chi connectivity index (χ2n) is 5.43. The first kappa shape index (κ1) is 16.3. The molecule has 0 bridgehead atoms. The van der Waals surface area contributed by atoms with Crippen LogP contribution in [0.4, 0.5) is 0 Å². The Morgan fingerprint density at radius 1 is 1.21 bits per heavy atom. The molecule has 0 aliphatic carbocycles. The van der Waals surface area contributed by atoms with Crippen LogP contribution in [0.3, 0.4) is 0 Å². The van der Waals surface area contributed by atoms with E-state index in [1.165, 1.54) is 0 Å². The van der Waals surface area contributed by atoms with E-state index in [0.29, 0.717) is 17.2 Å². The molecule has 1 aliphatic heterocycles. The zero-order valence-electron chi connectivity index (χ0n) is 12.8. The number of nitrogens with one attached hydrogen (secondary N) is 1. The van der Waals surface area contributed by atoms with Crippen LogP contribution in [0.2, 0.25) is 5.02 Å². The Morgan fingerprint density at radius 2 is 2.00 bits per heavy atom. The molecule has 1 atom stereocenters. The largest absolute Gasteiger partial charge is 0.480 e. The number of ether oxygens (including phenoxy) is 2. The van der Waals surface area contributed by atoms with E-state index in [4.69, 9.17) is 21.1 Å². The summed E-state index contributed by atoms with van der Waals surface area (Å²) in [6.07, 6.45) is -0.221. The maximum Gasteiger partial charge on any atom is 0.325 e. The minimum absolute atomic E-state index is 0.180. The van der Waals surface area contributed by atoms with Gasteiger partial charge in [-0.05, 0) is 29.3 Å². The number of carbonyl (C=O) groups is 2. The molecular weight excluding hydrogens is 330 g/mol. The highest BCUT2D eigenvalue weighted by molar-refractivity contribution is 6.30. The normalized spacial score (nSPS) is 15.3. The van der Waals surface area contributed by atoms with E-state index in [9.17, 15) is 9.59 Å². The molecule has 1 N–H and O–H groups in total. The minimum atomic E-state index is -0.652. The van der Waals surface area contributed by atoms with Crippen LogP contribution >= 0.6 is 11.6 Å². The fourth-order valence-electron chi connectivity index (χ4n) is 2.43. The molecule has 0 radical (unpaired) electrons. The first-order valence-electron chi connectivity index (χ1n) is 7.54. The SMILES string of the molecule is O=C(CNC(=O)C1Cc2cc(Cl)ccc2O1)OCc1ccccc1.